The van der Waals surface area contributed by atoms with Crippen LogP contribution in [-0.4, -0.2) is 23.9 Å². The van der Waals surface area contributed by atoms with Crippen molar-refractivity contribution in [1.29, 1.82) is 0 Å². The van der Waals surface area contributed by atoms with Crippen molar-refractivity contribution >= 4 is 27.7 Å². The summed E-state index contributed by atoms with van der Waals surface area (Å²) in [7, 11) is 1.47. The zero-order valence-electron chi connectivity index (χ0n) is 11.1. The molecular weight excluding hydrogens is 338 g/mol. The molecule has 0 spiro atoms. The number of amides is 2. The zero-order valence-corrected chi connectivity index (χ0v) is 12.7. The first-order valence-electron chi connectivity index (χ1n) is 5.96. The van der Waals surface area contributed by atoms with Crippen molar-refractivity contribution in [3.8, 4) is 5.75 Å². The molecule has 1 heterocycles. The Hall–Kier alpha value is -2.41. The summed E-state index contributed by atoms with van der Waals surface area (Å²) in [6.07, 6.45) is 2.96. The minimum Gasteiger partial charge on any atom is -0.496 e. The first kappa shape index (κ1) is 15.0. The maximum atomic E-state index is 12.1. The van der Waals surface area contributed by atoms with Gasteiger partial charge in [0.05, 0.1) is 18.2 Å². The SMILES string of the molecule is COc1ccc(Br)cc1C(=O)NNC(=O)c1cccnc1. The van der Waals surface area contributed by atoms with Gasteiger partial charge < -0.3 is 4.74 Å². The fraction of sp³-hybridized carbons (Fsp3) is 0.0714. The van der Waals surface area contributed by atoms with Crippen LogP contribution < -0.4 is 15.6 Å². The fourth-order valence-corrected chi connectivity index (χ4v) is 1.97. The number of ether oxygens (including phenoxy) is 1. The summed E-state index contributed by atoms with van der Waals surface area (Å²) in [5.41, 5.74) is 5.30. The normalized spacial score (nSPS) is 9.81. The van der Waals surface area contributed by atoms with E-state index < -0.39 is 11.8 Å². The molecule has 2 rings (SSSR count). The van der Waals surface area contributed by atoms with Gasteiger partial charge in [-0.2, -0.15) is 0 Å². The van der Waals surface area contributed by atoms with Gasteiger partial charge in [-0.3, -0.25) is 25.4 Å². The molecule has 0 unspecified atom stereocenters. The number of carbonyl (C=O) groups is 2. The summed E-state index contributed by atoms with van der Waals surface area (Å²) < 4.78 is 5.84. The monoisotopic (exact) mass is 349 g/mol. The van der Waals surface area contributed by atoms with Crippen LogP contribution in [0.25, 0.3) is 0 Å². The van der Waals surface area contributed by atoms with Gasteiger partial charge in [0.25, 0.3) is 11.8 Å². The molecule has 21 heavy (non-hydrogen) atoms. The quantitative estimate of drug-likeness (QED) is 0.829. The van der Waals surface area contributed by atoms with Gasteiger partial charge in [-0.15, -0.1) is 0 Å². The van der Waals surface area contributed by atoms with Crippen molar-refractivity contribution in [1.82, 2.24) is 15.8 Å². The summed E-state index contributed by atoms with van der Waals surface area (Å²) in [5, 5.41) is 0. The van der Waals surface area contributed by atoms with Crippen LogP contribution in [0, 0.1) is 0 Å². The molecule has 0 radical (unpaired) electrons. The number of rotatable bonds is 3. The Balaban J connectivity index is 2.05. The van der Waals surface area contributed by atoms with Crippen LogP contribution >= 0.6 is 15.9 Å². The van der Waals surface area contributed by atoms with E-state index in [1.54, 1.807) is 36.5 Å². The van der Waals surface area contributed by atoms with Crippen molar-refractivity contribution in [2.45, 2.75) is 0 Å². The van der Waals surface area contributed by atoms with Crippen LogP contribution in [0.4, 0.5) is 0 Å². The Kier molecular flexibility index (Phi) is 4.89. The second kappa shape index (κ2) is 6.85. The van der Waals surface area contributed by atoms with E-state index in [9.17, 15) is 9.59 Å². The molecule has 0 fully saturated rings. The number of carbonyl (C=O) groups excluding carboxylic acids is 2. The number of hydrazine groups is 1. The largest absolute Gasteiger partial charge is 0.496 e. The number of aromatic nitrogens is 1. The van der Waals surface area contributed by atoms with Crippen LogP contribution in [0.2, 0.25) is 0 Å². The number of hydrogen-bond donors (Lipinski definition) is 2. The highest BCUT2D eigenvalue weighted by atomic mass is 79.9. The smallest absolute Gasteiger partial charge is 0.273 e. The molecule has 2 aromatic rings. The molecule has 2 N–H and O–H groups in total. The van der Waals surface area contributed by atoms with Crippen molar-refractivity contribution < 1.29 is 14.3 Å². The molecular formula is C14H12BrN3O3. The third-order valence-electron chi connectivity index (χ3n) is 2.62. The number of halogens is 1. The summed E-state index contributed by atoms with van der Waals surface area (Å²) in [6.45, 7) is 0. The van der Waals surface area contributed by atoms with Crippen molar-refractivity contribution in [3.63, 3.8) is 0 Å². The van der Waals surface area contributed by atoms with Gasteiger partial charge in [-0.25, -0.2) is 0 Å². The molecule has 1 aromatic heterocycles. The molecule has 0 aliphatic rings. The predicted octanol–water partition coefficient (Wildman–Crippen LogP) is 1.93. The Morgan fingerprint density at radius 3 is 2.62 bits per heavy atom. The van der Waals surface area contributed by atoms with Gasteiger partial charge in [-0.1, -0.05) is 15.9 Å². The second-order valence-corrected chi connectivity index (χ2v) is 4.91. The molecule has 7 heteroatoms. The number of nitrogens with one attached hydrogen (secondary N) is 2. The van der Waals surface area contributed by atoms with Crippen LogP contribution in [0.15, 0.2) is 47.2 Å². The molecule has 2 amide bonds. The van der Waals surface area contributed by atoms with E-state index in [2.05, 4.69) is 31.8 Å². The van der Waals surface area contributed by atoms with E-state index in [1.807, 2.05) is 0 Å². The topological polar surface area (TPSA) is 80.3 Å². The Morgan fingerprint density at radius 1 is 1.19 bits per heavy atom. The van der Waals surface area contributed by atoms with Crippen LogP contribution in [-0.2, 0) is 0 Å². The van der Waals surface area contributed by atoms with Gasteiger partial charge in [-0.05, 0) is 30.3 Å². The molecule has 0 atom stereocenters. The molecule has 0 saturated heterocycles. The average molecular weight is 350 g/mol. The van der Waals surface area contributed by atoms with Crippen LogP contribution in [0.3, 0.4) is 0 Å². The predicted molar refractivity (Wildman–Crippen MR) is 79.9 cm³/mol. The Morgan fingerprint density at radius 2 is 1.95 bits per heavy atom. The summed E-state index contributed by atoms with van der Waals surface area (Å²) in [5.74, 6) is -0.526. The fourth-order valence-electron chi connectivity index (χ4n) is 1.61. The summed E-state index contributed by atoms with van der Waals surface area (Å²) >= 11 is 3.28. The minimum atomic E-state index is -0.481. The van der Waals surface area contributed by atoms with E-state index in [0.717, 1.165) is 4.47 Å². The first-order valence-corrected chi connectivity index (χ1v) is 6.75. The molecule has 0 aliphatic carbocycles. The zero-order chi connectivity index (χ0) is 15.2. The third-order valence-corrected chi connectivity index (χ3v) is 3.11. The lowest BCUT2D eigenvalue weighted by molar-refractivity contribution is 0.0844. The van der Waals surface area contributed by atoms with E-state index in [4.69, 9.17) is 4.74 Å². The van der Waals surface area contributed by atoms with Crippen molar-refractivity contribution in [3.05, 3.63) is 58.3 Å². The highest BCUT2D eigenvalue weighted by Gasteiger charge is 2.14. The summed E-state index contributed by atoms with van der Waals surface area (Å²) in [4.78, 5) is 27.7. The first-order chi connectivity index (χ1) is 10.1. The second-order valence-electron chi connectivity index (χ2n) is 3.99. The van der Waals surface area contributed by atoms with E-state index in [1.165, 1.54) is 13.3 Å². The van der Waals surface area contributed by atoms with E-state index in [-0.39, 0.29) is 0 Å². The number of pyridine rings is 1. The molecule has 0 aliphatic heterocycles. The highest BCUT2D eigenvalue weighted by molar-refractivity contribution is 9.10. The maximum Gasteiger partial charge on any atom is 0.273 e. The number of methoxy groups -OCH3 is 1. The number of nitrogens with zero attached hydrogens (tertiary/aromatic N) is 1. The van der Waals surface area contributed by atoms with Gasteiger partial charge >= 0.3 is 0 Å². The summed E-state index contributed by atoms with van der Waals surface area (Å²) in [6, 6.07) is 8.23. The van der Waals surface area contributed by atoms with Gasteiger partial charge in [0.2, 0.25) is 0 Å². The number of hydrogen-bond acceptors (Lipinski definition) is 4. The van der Waals surface area contributed by atoms with Crippen LogP contribution in [0.5, 0.6) is 5.75 Å². The van der Waals surface area contributed by atoms with E-state index in [0.29, 0.717) is 16.9 Å². The third kappa shape index (κ3) is 3.79. The van der Waals surface area contributed by atoms with Crippen molar-refractivity contribution in [2.24, 2.45) is 0 Å². The Labute approximate surface area is 129 Å². The molecule has 6 nitrogen and oxygen atoms in total. The molecule has 0 saturated carbocycles. The highest BCUT2D eigenvalue weighted by Crippen LogP contribution is 2.22. The van der Waals surface area contributed by atoms with E-state index >= 15 is 0 Å². The van der Waals surface area contributed by atoms with Gasteiger partial charge in [0.15, 0.2) is 0 Å². The molecule has 108 valence electrons. The minimum absolute atomic E-state index is 0.304. The lowest BCUT2D eigenvalue weighted by Crippen LogP contribution is -2.41. The van der Waals surface area contributed by atoms with Gasteiger partial charge in [0, 0.05) is 16.9 Å². The van der Waals surface area contributed by atoms with Gasteiger partial charge in [0.1, 0.15) is 5.75 Å². The average Bonchev–Trinajstić information content (AvgIpc) is 2.53. The molecule has 0 bridgehead atoms. The molecule has 1 aromatic carbocycles. The number of benzene rings is 1. The standard InChI is InChI=1S/C14H12BrN3O3/c1-21-12-5-4-10(15)7-11(12)14(20)18-17-13(19)9-3-2-6-16-8-9/h2-8H,1H3,(H,17,19)(H,18,20). The lowest BCUT2D eigenvalue weighted by atomic mass is 10.2. The van der Waals surface area contributed by atoms with Crippen molar-refractivity contribution in [2.75, 3.05) is 7.11 Å². The maximum absolute atomic E-state index is 12.1. The Bertz CT molecular complexity index is 662. The van der Waals surface area contributed by atoms with Crippen LogP contribution in [0.1, 0.15) is 20.7 Å². The lowest BCUT2D eigenvalue weighted by Gasteiger charge is -2.10.